The van der Waals surface area contributed by atoms with Crippen molar-refractivity contribution < 1.29 is 19.1 Å². The second-order valence-corrected chi connectivity index (χ2v) is 6.38. The number of nitrogens with zero attached hydrogens (tertiary/aromatic N) is 1. The minimum atomic E-state index is -0.451. The van der Waals surface area contributed by atoms with Gasteiger partial charge < -0.3 is 19.7 Å². The fourth-order valence-electron chi connectivity index (χ4n) is 2.91. The van der Waals surface area contributed by atoms with E-state index in [2.05, 4.69) is 5.32 Å². The molecule has 1 heterocycles. The maximum atomic E-state index is 12.6. The SMILES string of the molecule is COc1ccc(NC(=O)[C@@H]2CC(=O)N(c3cccc(Cl)c3)C2)c(OC)c1. The molecular formula is C19H19ClN2O4. The smallest absolute Gasteiger partial charge is 0.229 e. The number of carbonyl (C=O) groups excluding carboxylic acids is 2. The quantitative estimate of drug-likeness (QED) is 0.871. The highest BCUT2D eigenvalue weighted by atomic mass is 35.5. The summed E-state index contributed by atoms with van der Waals surface area (Å²) in [6, 6.07) is 12.2. The molecule has 0 saturated carbocycles. The Morgan fingerprint density at radius 2 is 2.00 bits per heavy atom. The summed E-state index contributed by atoms with van der Waals surface area (Å²) in [7, 11) is 3.08. The van der Waals surface area contributed by atoms with Gasteiger partial charge in [-0.1, -0.05) is 17.7 Å². The third kappa shape index (κ3) is 3.75. The third-order valence-corrected chi connectivity index (χ3v) is 4.52. The van der Waals surface area contributed by atoms with Crippen LogP contribution in [0.15, 0.2) is 42.5 Å². The lowest BCUT2D eigenvalue weighted by molar-refractivity contribution is -0.122. The summed E-state index contributed by atoms with van der Waals surface area (Å²) in [5.41, 5.74) is 1.23. The van der Waals surface area contributed by atoms with E-state index in [0.29, 0.717) is 34.4 Å². The number of benzene rings is 2. The molecule has 2 aromatic rings. The van der Waals surface area contributed by atoms with Gasteiger partial charge in [-0.2, -0.15) is 0 Å². The van der Waals surface area contributed by atoms with Crippen LogP contribution in [0.4, 0.5) is 11.4 Å². The zero-order valence-corrected chi connectivity index (χ0v) is 15.2. The van der Waals surface area contributed by atoms with Crippen LogP contribution < -0.4 is 19.7 Å². The van der Waals surface area contributed by atoms with E-state index in [1.165, 1.54) is 7.11 Å². The molecule has 0 aliphatic carbocycles. The van der Waals surface area contributed by atoms with Gasteiger partial charge in [-0.15, -0.1) is 0 Å². The minimum absolute atomic E-state index is 0.103. The Labute approximate surface area is 156 Å². The standard InChI is InChI=1S/C19H19ClN2O4/c1-25-15-6-7-16(17(10-15)26-2)21-19(24)12-8-18(23)22(11-12)14-5-3-4-13(20)9-14/h3-7,9-10,12H,8,11H2,1-2H3,(H,21,24)/t12-/m1/s1. The van der Waals surface area contributed by atoms with E-state index in [4.69, 9.17) is 21.1 Å². The molecule has 7 heteroatoms. The third-order valence-electron chi connectivity index (χ3n) is 4.28. The van der Waals surface area contributed by atoms with Gasteiger partial charge in [-0.05, 0) is 30.3 Å². The summed E-state index contributed by atoms with van der Waals surface area (Å²) in [5.74, 6) is 0.338. The maximum Gasteiger partial charge on any atom is 0.229 e. The van der Waals surface area contributed by atoms with Crippen LogP contribution >= 0.6 is 11.6 Å². The highest BCUT2D eigenvalue weighted by Gasteiger charge is 2.35. The van der Waals surface area contributed by atoms with Crippen LogP contribution in [-0.4, -0.2) is 32.6 Å². The average Bonchev–Trinajstić information content (AvgIpc) is 3.04. The first-order chi connectivity index (χ1) is 12.5. The van der Waals surface area contributed by atoms with Gasteiger partial charge >= 0.3 is 0 Å². The van der Waals surface area contributed by atoms with Crippen LogP contribution in [0.5, 0.6) is 11.5 Å². The molecule has 2 amide bonds. The molecule has 1 saturated heterocycles. The molecule has 1 aliphatic rings. The highest BCUT2D eigenvalue weighted by molar-refractivity contribution is 6.31. The Hall–Kier alpha value is -2.73. The van der Waals surface area contributed by atoms with Gasteiger partial charge in [0.15, 0.2) is 0 Å². The van der Waals surface area contributed by atoms with Crippen LogP contribution in [-0.2, 0) is 9.59 Å². The van der Waals surface area contributed by atoms with Gasteiger partial charge in [-0.3, -0.25) is 9.59 Å². The molecule has 3 rings (SSSR count). The predicted octanol–water partition coefficient (Wildman–Crippen LogP) is 3.35. The van der Waals surface area contributed by atoms with Gasteiger partial charge in [0.1, 0.15) is 11.5 Å². The van der Waals surface area contributed by atoms with Crippen molar-refractivity contribution in [3.8, 4) is 11.5 Å². The first-order valence-electron chi connectivity index (χ1n) is 8.10. The van der Waals surface area contributed by atoms with Gasteiger partial charge in [0.2, 0.25) is 11.8 Å². The molecule has 1 atom stereocenters. The Bertz CT molecular complexity index is 840. The van der Waals surface area contributed by atoms with Gasteiger partial charge in [0, 0.05) is 29.7 Å². The first kappa shape index (κ1) is 18.1. The number of nitrogens with one attached hydrogen (secondary N) is 1. The number of ether oxygens (including phenoxy) is 2. The lowest BCUT2D eigenvalue weighted by atomic mass is 10.1. The largest absolute Gasteiger partial charge is 0.497 e. The molecule has 0 unspecified atom stereocenters. The van der Waals surface area contributed by atoms with Crippen molar-refractivity contribution >= 4 is 34.8 Å². The van der Waals surface area contributed by atoms with Crippen LogP contribution in [0.25, 0.3) is 0 Å². The predicted molar refractivity (Wildman–Crippen MR) is 100 cm³/mol. The molecule has 0 spiro atoms. The van der Waals surface area contributed by atoms with Crippen molar-refractivity contribution in [2.75, 3.05) is 31.0 Å². The first-order valence-corrected chi connectivity index (χ1v) is 8.48. The van der Waals surface area contributed by atoms with E-state index < -0.39 is 5.92 Å². The number of hydrogen-bond donors (Lipinski definition) is 1. The zero-order chi connectivity index (χ0) is 18.7. The Morgan fingerprint density at radius 1 is 1.19 bits per heavy atom. The van der Waals surface area contributed by atoms with Gasteiger partial charge in [-0.25, -0.2) is 0 Å². The topological polar surface area (TPSA) is 67.9 Å². The molecule has 1 fully saturated rings. The Kier molecular flexibility index (Phi) is 5.32. The van der Waals surface area contributed by atoms with Crippen molar-refractivity contribution in [3.05, 3.63) is 47.5 Å². The summed E-state index contributed by atoms with van der Waals surface area (Å²) in [6.45, 7) is 0.309. The summed E-state index contributed by atoms with van der Waals surface area (Å²) in [6.07, 6.45) is 0.150. The molecule has 6 nitrogen and oxygen atoms in total. The molecule has 26 heavy (non-hydrogen) atoms. The number of methoxy groups -OCH3 is 2. The molecule has 136 valence electrons. The maximum absolute atomic E-state index is 12.6. The molecule has 1 N–H and O–H groups in total. The fourth-order valence-corrected chi connectivity index (χ4v) is 3.10. The molecule has 1 aliphatic heterocycles. The summed E-state index contributed by atoms with van der Waals surface area (Å²) >= 11 is 5.99. The number of carbonyl (C=O) groups is 2. The van der Waals surface area contributed by atoms with Crippen molar-refractivity contribution in [1.29, 1.82) is 0 Å². The summed E-state index contributed by atoms with van der Waals surface area (Å²) in [4.78, 5) is 26.5. The van der Waals surface area contributed by atoms with Crippen LogP contribution in [0, 0.1) is 5.92 Å². The minimum Gasteiger partial charge on any atom is -0.497 e. The molecule has 2 aromatic carbocycles. The lowest BCUT2D eigenvalue weighted by Crippen LogP contribution is -2.28. The van der Waals surface area contributed by atoms with E-state index in [-0.39, 0.29) is 18.2 Å². The summed E-state index contributed by atoms with van der Waals surface area (Å²) < 4.78 is 10.4. The van der Waals surface area contributed by atoms with Gasteiger partial charge in [0.05, 0.1) is 25.8 Å². The normalized spacial score (nSPS) is 16.5. The number of anilines is 2. The second-order valence-electron chi connectivity index (χ2n) is 5.94. The average molecular weight is 375 g/mol. The van der Waals surface area contributed by atoms with Crippen LogP contribution in [0.3, 0.4) is 0 Å². The number of hydrogen-bond acceptors (Lipinski definition) is 4. The van der Waals surface area contributed by atoms with E-state index in [1.807, 2.05) is 0 Å². The van der Waals surface area contributed by atoms with Gasteiger partial charge in [0.25, 0.3) is 0 Å². The lowest BCUT2D eigenvalue weighted by Gasteiger charge is -2.17. The summed E-state index contributed by atoms with van der Waals surface area (Å²) in [5, 5.41) is 3.38. The highest BCUT2D eigenvalue weighted by Crippen LogP contribution is 2.31. The van der Waals surface area contributed by atoms with E-state index in [9.17, 15) is 9.59 Å². The van der Waals surface area contributed by atoms with Crippen molar-refractivity contribution in [1.82, 2.24) is 0 Å². The number of rotatable bonds is 5. The van der Waals surface area contributed by atoms with E-state index in [0.717, 1.165) is 0 Å². The van der Waals surface area contributed by atoms with Crippen molar-refractivity contribution in [3.63, 3.8) is 0 Å². The second kappa shape index (κ2) is 7.66. The van der Waals surface area contributed by atoms with E-state index in [1.54, 1.807) is 54.5 Å². The molecule has 0 aromatic heterocycles. The molecular weight excluding hydrogens is 356 g/mol. The molecule has 0 radical (unpaired) electrons. The van der Waals surface area contributed by atoms with E-state index >= 15 is 0 Å². The van der Waals surface area contributed by atoms with Crippen molar-refractivity contribution in [2.45, 2.75) is 6.42 Å². The Morgan fingerprint density at radius 3 is 2.69 bits per heavy atom. The monoisotopic (exact) mass is 374 g/mol. The molecule has 0 bridgehead atoms. The van der Waals surface area contributed by atoms with Crippen LogP contribution in [0.1, 0.15) is 6.42 Å². The number of halogens is 1. The zero-order valence-electron chi connectivity index (χ0n) is 14.5. The Balaban J connectivity index is 1.72. The number of amides is 2. The van der Waals surface area contributed by atoms with Crippen molar-refractivity contribution in [2.24, 2.45) is 5.92 Å². The fraction of sp³-hybridized carbons (Fsp3) is 0.263. The van der Waals surface area contributed by atoms with Crippen LogP contribution in [0.2, 0.25) is 5.02 Å².